The SMILES string of the molecule is CN1CCN(C(CN)c2cnn(C)c2)CC1. The quantitative estimate of drug-likeness (QED) is 0.762. The van der Waals surface area contributed by atoms with Crippen molar-refractivity contribution in [3.05, 3.63) is 18.0 Å². The third-order valence-corrected chi connectivity index (χ3v) is 3.31. The summed E-state index contributed by atoms with van der Waals surface area (Å²) in [6.07, 6.45) is 3.99. The van der Waals surface area contributed by atoms with Crippen LogP contribution in [0.25, 0.3) is 0 Å². The summed E-state index contributed by atoms with van der Waals surface area (Å²) in [6.45, 7) is 5.09. The minimum absolute atomic E-state index is 0.322. The molecule has 0 aliphatic carbocycles. The van der Waals surface area contributed by atoms with Crippen molar-refractivity contribution in [1.82, 2.24) is 19.6 Å². The van der Waals surface area contributed by atoms with Crippen LogP contribution in [0.3, 0.4) is 0 Å². The lowest BCUT2D eigenvalue weighted by molar-refractivity contribution is 0.114. The van der Waals surface area contributed by atoms with Gasteiger partial charge in [-0.1, -0.05) is 0 Å². The van der Waals surface area contributed by atoms with Crippen molar-refractivity contribution in [3.8, 4) is 0 Å². The molecule has 16 heavy (non-hydrogen) atoms. The van der Waals surface area contributed by atoms with Gasteiger partial charge in [0.15, 0.2) is 0 Å². The van der Waals surface area contributed by atoms with Crippen LogP contribution in [0.5, 0.6) is 0 Å². The van der Waals surface area contributed by atoms with Crippen LogP contribution in [-0.2, 0) is 7.05 Å². The van der Waals surface area contributed by atoms with Crippen molar-refractivity contribution in [1.29, 1.82) is 0 Å². The molecule has 0 radical (unpaired) electrons. The predicted molar refractivity (Wildman–Crippen MR) is 64.1 cm³/mol. The predicted octanol–water partition coefficient (Wildman–Crippen LogP) is -0.333. The van der Waals surface area contributed by atoms with Crippen LogP contribution in [0.1, 0.15) is 11.6 Å². The van der Waals surface area contributed by atoms with E-state index in [-0.39, 0.29) is 0 Å². The van der Waals surface area contributed by atoms with Gasteiger partial charge in [0.05, 0.1) is 12.2 Å². The molecule has 0 spiro atoms. The van der Waals surface area contributed by atoms with Gasteiger partial charge >= 0.3 is 0 Å². The van der Waals surface area contributed by atoms with Crippen LogP contribution in [0.2, 0.25) is 0 Å². The zero-order chi connectivity index (χ0) is 11.5. The average molecular weight is 223 g/mol. The first-order chi connectivity index (χ1) is 7.70. The van der Waals surface area contributed by atoms with Gasteiger partial charge in [0.1, 0.15) is 0 Å². The topological polar surface area (TPSA) is 50.3 Å². The Morgan fingerprint density at radius 1 is 1.31 bits per heavy atom. The molecule has 1 saturated heterocycles. The lowest BCUT2D eigenvalue weighted by atomic mass is 10.1. The van der Waals surface area contributed by atoms with Gasteiger partial charge in [-0.05, 0) is 7.05 Å². The first-order valence-corrected chi connectivity index (χ1v) is 5.82. The molecule has 2 rings (SSSR count). The first kappa shape index (κ1) is 11.6. The first-order valence-electron chi connectivity index (χ1n) is 5.82. The molecule has 1 aliphatic rings. The Hall–Kier alpha value is -0.910. The number of hydrogen-bond acceptors (Lipinski definition) is 4. The third-order valence-electron chi connectivity index (χ3n) is 3.31. The smallest absolute Gasteiger partial charge is 0.0538 e. The lowest BCUT2D eigenvalue weighted by Gasteiger charge is -2.37. The molecule has 1 aliphatic heterocycles. The standard InChI is InChI=1S/C11H21N5/c1-14-3-5-16(6-4-14)11(7-12)10-8-13-15(2)9-10/h8-9,11H,3-7,12H2,1-2H3. The molecule has 5 heteroatoms. The van der Waals surface area contributed by atoms with E-state index in [1.165, 1.54) is 5.56 Å². The Balaban J connectivity index is 2.05. The number of aromatic nitrogens is 2. The highest BCUT2D eigenvalue weighted by Crippen LogP contribution is 2.20. The molecule has 0 aromatic carbocycles. The summed E-state index contributed by atoms with van der Waals surface area (Å²) in [4.78, 5) is 4.81. The van der Waals surface area contributed by atoms with Gasteiger partial charge in [0, 0.05) is 51.5 Å². The van der Waals surface area contributed by atoms with Crippen LogP contribution < -0.4 is 5.73 Å². The number of nitrogens with zero attached hydrogens (tertiary/aromatic N) is 4. The second-order valence-electron chi connectivity index (χ2n) is 4.54. The van der Waals surface area contributed by atoms with E-state index in [1.807, 2.05) is 17.9 Å². The van der Waals surface area contributed by atoms with E-state index in [9.17, 15) is 0 Å². The minimum Gasteiger partial charge on any atom is -0.329 e. The number of rotatable bonds is 3. The number of hydrogen-bond donors (Lipinski definition) is 1. The van der Waals surface area contributed by atoms with Crippen LogP contribution in [0.15, 0.2) is 12.4 Å². The summed E-state index contributed by atoms with van der Waals surface area (Å²) < 4.78 is 1.84. The maximum absolute atomic E-state index is 5.89. The Morgan fingerprint density at radius 2 is 2.00 bits per heavy atom. The van der Waals surface area contributed by atoms with E-state index in [2.05, 4.69) is 28.1 Å². The van der Waals surface area contributed by atoms with E-state index >= 15 is 0 Å². The van der Waals surface area contributed by atoms with Crippen molar-refractivity contribution < 1.29 is 0 Å². The normalized spacial score (nSPS) is 21.2. The maximum atomic E-state index is 5.89. The van der Waals surface area contributed by atoms with E-state index in [0.29, 0.717) is 12.6 Å². The monoisotopic (exact) mass is 223 g/mol. The van der Waals surface area contributed by atoms with E-state index in [4.69, 9.17) is 5.73 Å². The number of piperazine rings is 1. The number of nitrogens with two attached hydrogens (primary N) is 1. The summed E-state index contributed by atoms with van der Waals surface area (Å²) in [5, 5.41) is 4.22. The van der Waals surface area contributed by atoms with Crippen LogP contribution >= 0.6 is 0 Å². The highest BCUT2D eigenvalue weighted by atomic mass is 15.3. The molecule has 1 aromatic heterocycles. The number of aryl methyl sites for hydroxylation is 1. The molecule has 0 saturated carbocycles. The zero-order valence-electron chi connectivity index (χ0n) is 10.1. The fourth-order valence-corrected chi connectivity index (χ4v) is 2.24. The fraction of sp³-hybridized carbons (Fsp3) is 0.727. The van der Waals surface area contributed by atoms with Crippen LogP contribution in [0.4, 0.5) is 0 Å². The molecule has 1 fully saturated rings. The maximum Gasteiger partial charge on any atom is 0.0538 e. The molecule has 0 bridgehead atoms. The lowest BCUT2D eigenvalue weighted by Crippen LogP contribution is -2.47. The zero-order valence-corrected chi connectivity index (χ0v) is 10.1. The molecule has 1 atom stereocenters. The molecular formula is C11H21N5. The average Bonchev–Trinajstić information content (AvgIpc) is 2.69. The summed E-state index contributed by atoms with van der Waals surface area (Å²) in [5.41, 5.74) is 7.12. The molecular weight excluding hydrogens is 202 g/mol. The highest BCUT2D eigenvalue weighted by molar-refractivity contribution is 5.11. The van der Waals surface area contributed by atoms with Gasteiger partial charge in [0.25, 0.3) is 0 Å². The second kappa shape index (κ2) is 4.95. The minimum atomic E-state index is 0.322. The molecule has 1 unspecified atom stereocenters. The van der Waals surface area contributed by atoms with Crippen LogP contribution in [-0.4, -0.2) is 59.4 Å². The molecule has 90 valence electrons. The van der Waals surface area contributed by atoms with Gasteiger partial charge in [-0.25, -0.2) is 0 Å². The van der Waals surface area contributed by atoms with Gasteiger partial charge in [-0.3, -0.25) is 9.58 Å². The van der Waals surface area contributed by atoms with E-state index in [0.717, 1.165) is 26.2 Å². The second-order valence-corrected chi connectivity index (χ2v) is 4.54. The van der Waals surface area contributed by atoms with Gasteiger partial charge in [-0.15, -0.1) is 0 Å². The Bertz CT molecular complexity index is 327. The van der Waals surface area contributed by atoms with Crippen molar-refractivity contribution in [2.75, 3.05) is 39.8 Å². The number of likely N-dealkylation sites (N-methyl/N-ethyl adjacent to an activating group) is 1. The van der Waals surface area contributed by atoms with E-state index < -0.39 is 0 Å². The van der Waals surface area contributed by atoms with Crippen molar-refractivity contribution in [3.63, 3.8) is 0 Å². The summed E-state index contributed by atoms with van der Waals surface area (Å²) in [6, 6.07) is 0.322. The molecule has 2 N–H and O–H groups in total. The van der Waals surface area contributed by atoms with E-state index in [1.54, 1.807) is 0 Å². The molecule has 2 heterocycles. The fourth-order valence-electron chi connectivity index (χ4n) is 2.24. The van der Waals surface area contributed by atoms with Crippen molar-refractivity contribution in [2.24, 2.45) is 12.8 Å². The summed E-state index contributed by atoms with van der Waals surface area (Å²) in [7, 11) is 4.11. The Labute approximate surface area is 96.8 Å². The van der Waals surface area contributed by atoms with Gasteiger partial charge in [0.2, 0.25) is 0 Å². The van der Waals surface area contributed by atoms with Crippen molar-refractivity contribution >= 4 is 0 Å². The van der Waals surface area contributed by atoms with Gasteiger partial charge < -0.3 is 10.6 Å². The third kappa shape index (κ3) is 2.42. The highest BCUT2D eigenvalue weighted by Gasteiger charge is 2.23. The van der Waals surface area contributed by atoms with Crippen molar-refractivity contribution in [2.45, 2.75) is 6.04 Å². The molecule has 0 amide bonds. The summed E-state index contributed by atoms with van der Waals surface area (Å²) >= 11 is 0. The molecule has 1 aromatic rings. The summed E-state index contributed by atoms with van der Waals surface area (Å²) in [5.74, 6) is 0. The molecule has 5 nitrogen and oxygen atoms in total. The van der Waals surface area contributed by atoms with Gasteiger partial charge in [-0.2, -0.15) is 5.10 Å². The Morgan fingerprint density at radius 3 is 2.50 bits per heavy atom. The Kier molecular flexibility index (Phi) is 3.58. The van der Waals surface area contributed by atoms with Crippen LogP contribution in [0, 0.1) is 0 Å². The largest absolute Gasteiger partial charge is 0.329 e.